The van der Waals surface area contributed by atoms with Gasteiger partial charge in [-0.1, -0.05) is 18.2 Å². The summed E-state index contributed by atoms with van der Waals surface area (Å²) in [5.74, 6) is 0.889. The molecular weight excluding hydrogens is 202 g/mol. The molecule has 3 nitrogen and oxygen atoms in total. The van der Waals surface area contributed by atoms with E-state index in [1.807, 2.05) is 45.3 Å². The molecule has 1 unspecified atom stereocenters. The van der Waals surface area contributed by atoms with E-state index < -0.39 is 0 Å². The van der Waals surface area contributed by atoms with Gasteiger partial charge in [-0.15, -0.1) is 0 Å². The lowest BCUT2D eigenvalue weighted by atomic mass is 10.1. The molecular formula is C13H21NO2. The van der Waals surface area contributed by atoms with Crippen LogP contribution < -0.4 is 4.74 Å². The van der Waals surface area contributed by atoms with Crippen LogP contribution in [0.2, 0.25) is 0 Å². The molecule has 0 saturated heterocycles. The third kappa shape index (κ3) is 3.83. The number of likely N-dealkylation sites (N-methyl/N-ethyl adjacent to an activating group) is 1. The van der Waals surface area contributed by atoms with Gasteiger partial charge >= 0.3 is 0 Å². The van der Waals surface area contributed by atoms with Crippen LogP contribution in [0.4, 0.5) is 0 Å². The van der Waals surface area contributed by atoms with Gasteiger partial charge in [-0.2, -0.15) is 0 Å². The third-order valence-electron chi connectivity index (χ3n) is 2.48. The lowest BCUT2D eigenvalue weighted by Crippen LogP contribution is -2.19. The first-order valence-corrected chi connectivity index (χ1v) is 5.54. The van der Waals surface area contributed by atoms with Crippen molar-refractivity contribution in [2.45, 2.75) is 13.0 Å². The maximum Gasteiger partial charge on any atom is 0.124 e. The van der Waals surface area contributed by atoms with Gasteiger partial charge < -0.3 is 14.4 Å². The minimum atomic E-state index is 0.0658. The molecule has 0 heterocycles. The van der Waals surface area contributed by atoms with Gasteiger partial charge in [0, 0.05) is 12.1 Å². The van der Waals surface area contributed by atoms with Crippen LogP contribution in [0.15, 0.2) is 24.3 Å². The van der Waals surface area contributed by atoms with Crippen molar-refractivity contribution in [3.63, 3.8) is 0 Å². The maximum atomic E-state index is 5.76. The molecule has 1 aromatic rings. The highest BCUT2D eigenvalue weighted by Gasteiger charge is 2.10. The number of ether oxygens (including phenoxy) is 2. The lowest BCUT2D eigenvalue weighted by Gasteiger charge is -2.17. The summed E-state index contributed by atoms with van der Waals surface area (Å²) in [6.07, 6.45) is 0.0658. The largest absolute Gasteiger partial charge is 0.496 e. The first kappa shape index (κ1) is 13.0. The average molecular weight is 223 g/mol. The fourth-order valence-electron chi connectivity index (χ4n) is 1.50. The van der Waals surface area contributed by atoms with Crippen LogP contribution in [-0.2, 0) is 4.74 Å². The monoisotopic (exact) mass is 223 g/mol. The number of nitrogens with zero attached hydrogens (tertiary/aromatic N) is 1. The standard InChI is InChI=1S/C13H21NO2/c1-11(16-10-9-14(2)3)12-7-5-6-8-13(12)15-4/h5-8,11H,9-10H2,1-4H3. The molecule has 0 aromatic heterocycles. The Bertz CT molecular complexity index is 313. The molecule has 90 valence electrons. The van der Waals surface area contributed by atoms with Crippen molar-refractivity contribution in [3.8, 4) is 5.75 Å². The van der Waals surface area contributed by atoms with E-state index in [0.717, 1.165) is 24.5 Å². The van der Waals surface area contributed by atoms with Gasteiger partial charge in [0.2, 0.25) is 0 Å². The molecule has 1 atom stereocenters. The molecule has 0 saturated carbocycles. The van der Waals surface area contributed by atoms with Crippen molar-refractivity contribution in [2.75, 3.05) is 34.4 Å². The van der Waals surface area contributed by atoms with Crippen molar-refractivity contribution in [2.24, 2.45) is 0 Å². The van der Waals surface area contributed by atoms with Gasteiger partial charge in [-0.3, -0.25) is 0 Å². The summed E-state index contributed by atoms with van der Waals surface area (Å²) in [5, 5.41) is 0. The molecule has 0 aliphatic heterocycles. The number of rotatable bonds is 6. The number of benzene rings is 1. The van der Waals surface area contributed by atoms with Crippen LogP contribution in [-0.4, -0.2) is 39.3 Å². The van der Waals surface area contributed by atoms with E-state index >= 15 is 0 Å². The SMILES string of the molecule is COc1ccccc1C(C)OCCN(C)C. The Morgan fingerprint density at radius 1 is 1.25 bits per heavy atom. The molecule has 3 heteroatoms. The van der Waals surface area contributed by atoms with Gasteiger partial charge in [-0.05, 0) is 27.1 Å². The Morgan fingerprint density at radius 3 is 2.56 bits per heavy atom. The second-order valence-electron chi connectivity index (χ2n) is 4.06. The highest BCUT2D eigenvalue weighted by molar-refractivity contribution is 5.34. The van der Waals surface area contributed by atoms with Crippen molar-refractivity contribution in [3.05, 3.63) is 29.8 Å². The molecule has 1 aromatic carbocycles. The van der Waals surface area contributed by atoms with E-state index in [4.69, 9.17) is 9.47 Å². The summed E-state index contributed by atoms with van der Waals surface area (Å²) in [6, 6.07) is 7.97. The Morgan fingerprint density at radius 2 is 1.94 bits per heavy atom. The van der Waals surface area contributed by atoms with E-state index in [1.54, 1.807) is 7.11 Å². The van der Waals surface area contributed by atoms with Crippen LogP contribution in [0.3, 0.4) is 0 Å². The van der Waals surface area contributed by atoms with E-state index in [9.17, 15) is 0 Å². The Labute approximate surface area is 98.0 Å². The number of para-hydroxylation sites is 1. The van der Waals surface area contributed by atoms with Crippen molar-refractivity contribution < 1.29 is 9.47 Å². The smallest absolute Gasteiger partial charge is 0.124 e. The zero-order valence-corrected chi connectivity index (χ0v) is 10.6. The topological polar surface area (TPSA) is 21.7 Å². The summed E-state index contributed by atoms with van der Waals surface area (Å²) in [7, 11) is 5.76. The van der Waals surface area contributed by atoms with Crippen LogP contribution in [0.25, 0.3) is 0 Å². The van der Waals surface area contributed by atoms with E-state index in [-0.39, 0.29) is 6.10 Å². The molecule has 16 heavy (non-hydrogen) atoms. The molecule has 0 bridgehead atoms. The highest BCUT2D eigenvalue weighted by atomic mass is 16.5. The Kier molecular flexibility index (Phi) is 5.29. The molecule has 0 aliphatic rings. The third-order valence-corrected chi connectivity index (χ3v) is 2.48. The Hall–Kier alpha value is -1.06. The van der Waals surface area contributed by atoms with Crippen molar-refractivity contribution in [1.29, 1.82) is 0 Å². The van der Waals surface area contributed by atoms with E-state index in [0.29, 0.717) is 0 Å². The lowest BCUT2D eigenvalue weighted by molar-refractivity contribution is 0.0540. The minimum Gasteiger partial charge on any atom is -0.496 e. The zero-order valence-electron chi connectivity index (χ0n) is 10.6. The van der Waals surface area contributed by atoms with Gasteiger partial charge in [0.1, 0.15) is 5.75 Å². The van der Waals surface area contributed by atoms with Crippen molar-refractivity contribution >= 4 is 0 Å². The number of methoxy groups -OCH3 is 1. The summed E-state index contributed by atoms with van der Waals surface area (Å²) < 4.78 is 11.1. The average Bonchev–Trinajstić information content (AvgIpc) is 2.28. The van der Waals surface area contributed by atoms with E-state index in [1.165, 1.54) is 0 Å². The highest BCUT2D eigenvalue weighted by Crippen LogP contribution is 2.26. The summed E-state index contributed by atoms with van der Waals surface area (Å²) in [6.45, 7) is 3.71. The molecule has 0 N–H and O–H groups in total. The summed E-state index contributed by atoms with van der Waals surface area (Å²) in [5.41, 5.74) is 1.10. The van der Waals surface area contributed by atoms with Gasteiger partial charge in [0.15, 0.2) is 0 Å². The molecule has 0 amide bonds. The number of hydrogen-bond donors (Lipinski definition) is 0. The molecule has 0 spiro atoms. The predicted molar refractivity (Wildman–Crippen MR) is 65.9 cm³/mol. The minimum absolute atomic E-state index is 0.0658. The Balaban J connectivity index is 2.55. The molecule has 0 radical (unpaired) electrons. The molecule has 0 fully saturated rings. The summed E-state index contributed by atoms with van der Waals surface area (Å²) >= 11 is 0. The van der Waals surface area contributed by atoms with Crippen LogP contribution >= 0.6 is 0 Å². The molecule has 1 rings (SSSR count). The van der Waals surface area contributed by atoms with Gasteiger partial charge in [-0.25, -0.2) is 0 Å². The van der Waals surface area contributed by atoms with Crippen molar-refractivity contribution in [1.82, 2.24) is 4.90 Å². The normalized spacial score (nSPS) is 12.8. The second kappa shape index (κ2) is 6.51. The quantitative estimate of drug-likeness (QED) is 0.739. The summed E-state index contributed by atoms with van der Waals surface area (Å²) in [4.78, 5) is 2.11. The number of hydrogen-bond acceptors (Lipinski definition) is 3. The fraction of sp³-hybridized carbons (Fsp3) is 0.538. The first-order chi connectivity index (χ1) is 7.65. The zero-order chi connectivity index (χ0) is 12.0. The van der Waals surface area contributed by atoms with Crippen LogP contribution in [0, 0.1) is 0 Å². The van der Waals surface area contributed by atoms with Crippen LogP contribution in [0.1, 0.15) is 18.6 Å². The predicted octanol–water partition coefficient (Wildman–Crippen LogP) is 2.33. The molecule has 0 aliphatic carbocycles. The maximum absolute atomic E-state index is 5.76. The fourth-order valence-corrected chi connectivity index (χ4v) is 1.50. The van der Waals surface area contributed by atoms with Gasteiger partial charge in [0.05, 0.1) is 19.8 Å². The first-order valence-electron chi connectivity index (χ1n) is 5.54. The van der Waals surface area contributed by atoms with E-state index in [2.05, 4.69) is 4.90 Å². The van der Waals surface area contributed by atoms with Crippen LogP contribution in [0.5, 0.6) is 5.75 Å². The van der Waals surface area contributed by atoms with Gasteiger partial charge in [0.25, 0.3) is 0 Å². The second-order valence-corrected chi connectivity index (χ2v) is 4.06.